The van der Waals surface area contributed by atoms with Crippen LogP contribution in [0.5, 0.6) is 0 Å². The van der Waals surface area contributed by atoms with Crippen molar-refractivity contribution in [2.75, 3.05) is 0 Å². The highest BCUT2D eigenvalue weighted by atomic mass is 14.8. The van der Waals surface area contributed by atoms with Gasteiger partial charge in [-0.05, 0) is 19.1 Å². The largest absolute Gasteiger partial charge is 0.253 e. The summed E-state index contributed by atoms with van der Waals surface area (Å²) >= 11 is 0. The molecule has 0 radical (unpaired) electrons. The zero-order valence-corrected chi connectivity index (χ0v) is 9.05. The molecule has 3 rings (SSSR count). The van der Waals surface area contributed by atoms with Crippen LogP contribution >= 0.6 is 0 Å². The van der Waals surface area contributed by atoms with Crippen molar-refractivity contribution in [1.82, 2.24) is 19.9 Å². The third kappa shape index (κ3) is 1.47. The van der Waals surface area contributed by atoms with Gasteiger partial charge >= 0.3 is 0 Å². The van der Waals surface area contributed by atoms with Gasteiger partial charge in [-0.25, -0.2) is 9.97 Å². The van der Waals surface area contributed by atoms with Crippen LogP contribution in [0.15, 0.2) is 24.5 Å². The second-order valence-corrected chi connectivity index (χ2v) is 3.66. The molecule has 3 aromatic rings. The van der Waals surface area contributed by atoms with Crippen molar-refractivity contribution in [2.24, 2.45) is 0 Å². The number of nitriles is 1. The van der Waals surface area contributed by atoms with E-state index in [1.807, 2.05) is 12.1 Å². The van der Waals surface area contributed by atoms with E-state index >= 15 is 0 Å². The summed E-state index contributed by atoms with van der Waals surface area (Å²) < 4.78 is 0. The second kappa shape index (κ2) is 3.46. The van der Waals surface area contributed by atoms with Crippen molar-refractivity contribution in [3.05, 3.63) is 35.9 Å². The molecule has 5 nitrogen and oxygen atoms in total. The normalized spacial score (nSPS) is 10.6. The minimum atomic E-state index is 0.348. The van der Waals surface area contributed by atoms with Crippen molar-refractivity contribution < 1.29 is 0 Å². The average molecular weight is 221 g/mol. The third-order valence-corrected chi connectivity index (χ3v) is 2.53. The van der Waals surface area contributed by atoms with E-state index in [0.29, 0.717) is 16.9 Å². The molecule has 5 heteroatoms. The van der Waals surface area contributed by atoms with Crippen LogP contribution in [-0.2, 0) is 0 Å². The molecule has 0 saturated carbocycles. The third-order valence-electron chi connectivity index (χ3n) is 2.53. The van der Waals surface area contributed by atoms with E-state index in [9.17, 15) is 0 Å². The molecule has 0 aliphatic heterocycles. The maximum absolute atomic E-state index is 8.91. The van der Waals surface area contributed by atoms with Crippen LogP contribution < -0.4 is 0 Å². The summed E-state index contributed by atoms with van der Waals surface area (Å²) in [6.07, 6.45) is 3.26. The van der Waals surface area contributed by atoms with E-state index in [-0.39, 0.29) is 0 Å². The Bertz CT molecular complexity index is 773. The van der Waals surface area contributed by atoms with Gasteiger partial charge in [0.25, 0.3) is 0 Å². The van der Waals surface area contributed by atoms with E-state index in [1.54, 1.807) is 25.4 Å². The fraction of sp³-hybridized carbons (Fsp3) is 0.0833. The summed E-state index contributed by atoms with van der Waals surface area (Å²) in [4.78, 5) is 17.0. The van der Waals surface area contributed by atoms with Crippen molar-refractivity contribution in [3.8, 4) is 6.07 Å². The average Bonchev–Trinajstić information content (AvgIpc) is 2.35. The molecule has 0 bridgehead atoms. The molecule has 2 heterocycles. The topological polar surface area (TPSA) is 75.3 Å². The summed E-state index contributed by atoms with van der Waals surface area (Å²) in [6, 6.07) is 5.65. The van der Waals surface area contributed by atoms with Gasteiger partial charge in [0.1, 0.15) is 6.07 Å². The van der Waals surface area contributed by atoms with E-state index in [2.05, 4.69) is 19.9 Å². The minimum Gasteiger partial charge on any atom is -0.253 e. The summed E-state index contributed by atoms with van der Waals surface area (Å²) in [5, 5.41) is 8.91. The number of rotatable bonds is 0. The lowest BCUT2D eigenvalue weighted by Gasteiger charge is -2.02. The quantitative estimate of drug-likeness (QED) is 0.540. The van der Waals surface area contributed by atoms with Gasteiger partial charge in [-0.1, -0.05) is 0 Å². The lowest BCUT2D eigenvalue weighted by molar-refractivity contribution is 1.15. The van der Waals surface area contributed by atoms with Crippen LogP contribution in [0.4, 0.5) is 0 Å². The number of aryl methyl sites for hydroxylation is 1. The Kier molecular flexibility index (Phi) is 1.95. The van der Waals surface area contributed by atoms with E-state index in [0.717, 1.165) is 16.6 Å². The molecule has 0 aliphatic carbocycles. The van der Waals surface area contributed by atoms with E-state index in [1.165, 1.54) is 0 Å². The Labute approximate surface area is 96.8 Å². The summed E-state index contributed by atoms with van der Waals surface area (Å²) in [7, 11) is 0. The molecular formula is C12H7N5. The first-order chi connectivity index (χ1) is 8.28. The molecule has 0 amide bonds. The molecule has 0 fully saturated rings. The number of nitrogens with zero attached hydrogens (tertiary/aromatic N) is 5. The van der Waals surface area contributed by atoms with Crippen molar-refractivity contribution in [1.29, 1.82) is 5.26 Å². The van der Waals surface area contributed by atoms with Crippen LogP contribution in [-0.4, -0.2) is 19.9 Å². The molecule has 0 unspecified atom stereocenters. The van der Waals surface area contributed by atoms with E-state index < -0.39 is 0 Å². The predicted molar refractivity (Wildman–Crippen MR) is 62.1 cm³/mol. The van der Waals surface area contributed by atoms with Crippen LogP contribution in [0, 0.1) is 18.3 Å². The molecule has 0 spiro atoms. The van der Waals surface area contributed by atoms with Gasteiger partial charge in [0, 0.05) is 12.4 Å². The summed E-state index contributed by atoms with van der Waals surface area (Å²) in [5.41, 5.74) is 3.90. The molecule has 1 aromatic carbocycles. The lowest BCUT2D eigenvalue weighted by Crippen LogP contribution is -1.95. The Morgan fingerprint density at radius 2 is 1.53 bits per heavy atom. The van der Waals surface area contributed by atoms with Crippen LogP contribution in [0.1, 0.15) is 11.4 Å². The van der Waals surface area contributed by atoms with Crippen LogP contribution in [0.25, 0.3) is 22.1 Å². The highest BCUT2D eigenvalue weighted by Crippen LogP contribution is 2.17. The molecule has 0 aliphatic rings. The Morgan fingerprint density at radius 3 is 2.12 bits per heavy atom. The molecule has 0 N–H and O–H groups in total. The minimum absolute atomic E-state index is 0.348. The van der Waals surface area contributed by atoms with Gasteiger partial charge in [0.2, 0.25) is 0 Å². The van der Waals surface area contributed by atoms with Gasteiger partial charge in [0.05, 0.1) is 27.8 Å². The Hall–Kier alpha value is -2.61. The maximum Gasteiger partial charge on any atom is 0.162 e. The van der Waals surface area contributed by atoms with Crippen molar-refractivity contribution >= 4 is 22.1 Å². The predicted octanol–water partition coefficient (Wildman–Crippen LogP) is 1.75. The molecule has 17 heavy (non-hydrogen) atoms. The lowest BCUT2D eigenvalue weighted by atomic mass is 10.2. The first-order valence-electron chi connectivity index (χ1n) is 5.07. The molecule has 0 saturated heterocycles. The SMILES string of the molecule is Cc1nc2cc3nccnc3cc2nc1C#N. The van der Waals surface area contributed by atoms with Gasteiger partial charge < -0.3 is 0 Å². The fourth-order valence-corrected chi connectivity index (χ4v) is 1.71. The van der Waals surface area contributed by atoms with Crippen LogP contribution in [0.2, 0.25) is 0 Å². The van der Waals surface area contributed by atoms with Gasteiger partial charge in [-0.15, -0.1) is 0 Å². The molecule has 0 atom stereocenters. The van der Waals surface area contributed by atoms with Crippen molar-refractivity contribution in [3.63, 3.8) is 0 Å². The number of hydrogen-bond donors (Lipinski definition) is 0. The Morgan fingerprint density at radius 1 is 0.941 bits per heavy atom. The van der Waals surface area contributed by atoms with Crippen molar-refractivity contribution in [2.45, 2.75) is 6.92 Å². The molecule has 80 valence electrons. The van der Waals surface area contributed by atoms with Gasteiger partial charge in [-0.3, -0.25) is 9.97 Å². The Balaban J connectivity index is 2.45. The first kappa shape index (κ1) is 9.60. The zero-order valence-electron chi connectivity index (χ0n) is 9.05. The fourth-order valence-electron chi connectivity index (χ4n) is 1.71. The summed E-state index contributed by atoms with van der Waals surface area (Å²) in [6.45, 7) is 1.77. The van der Waals surface area contributed by atoms with Crippen LogP contribution in [0.3, 0.4) is 0 Å². The van der Waals surface area contributed by atoms with Gasteiger partial charge in [0.15, 0.2) is 5.69 Å². The van der Waals surface area contributed by atoms with E-state index in [4.69, 9.17) is 5.26 Å². The highest BCUT2D eigenvalue weighted by molar-refractivity contribution is 5.90. The second-order valence-electron chi connectivity index (χ2n) is 3.66. The maximum atomic E-state index is 8.91. The standard InChI is InChI=1S/C12H7N5/c1-7-12(6-13)17-11-5-9-8(4-10(11)16-7)14-2-3-15-9/h2-5H,1H3. The first-order valence-corrected chi connectivity index (χ1v) is 5.07. The number of benzene rings is 1. The smallest absolute Gasteiger partial charge is 0.162 e. The number of hydrogen-bond acceptors (Lipinski definition) is 5. The number of fused-ring (bicyclic) bond motifs is 2. The highest BCUT2D eigenvalue weighted by Gasteiger charge is 2.06. The monoisotopic (exact) mass is 221 g/mol. The summed E-state index contributed by atoms with van der Waals surface area (Å²) in [5.74, 6) is 0. The zero-order chi connectivity index (χ0) is 11.8. The molecule has 2 aromatic heterocycles. The van der Waals surface area contributed by atoms with Gasteiger partial charge in [-0.2, -0.15) is 5.26 Å². The number of aromatic nitrogens is 4. The molecular weight excluding hydrogens is 214 g/mol.